The van der Waals surface area contributed by atoms with Gasteiger partial charge in [-0.1, -0.05) is 13.3 Å². The van der Waals surface area contributed by atoms with E-state index in [2.05, 4.69) is 12.2 Å². The minimum atomic E-state index is -3.29. The van der Waals surface area contributed by atoms with Gasteiger partial charge in [0, 0.05) is 17.6 Å². The summed E-state index contributed by atoms with van der Waals surface area (Å²) in [4.78, 5) is 12.3. The number of anilines is 1. The maximum Gasteiger partial charge on any atom is 0.251 e. The SMILES string of the molecule is CCC[C@H](C)NC(=O)c1ccc2c(c1)C[C@H](C)N2S(=O)(=O)CC. The molecule has 0 saturated heterocycles. The van der Waals surface area contributed by atoms with E-state index in [0.717, 1.165) is 18.4 Å². The standard InChI is InChI=1S/C17H26N2O3S/c1-5-7-12(3)18-17(20)14-8-9-16-15(11-14)10-13(4)19(16)23(21,22)6-2/h8-9,11-13H,5-7,10H2,1-4H3,(H,18,20)/t12-,13-/m0/s1. The molecular formula is C17H26N2O3S. The van der Waals surface area contributed by atoms with E-state index in [0.29, 0.717) is 17.7 Å². The summed E-state index contributed by atoms with van der Waals surface area (Å²) in [7, 11) is -3.29. The van der Waals surface area contributed by atoms with E-state index in [1.807, 2.05) is 19.9 Å². The fraction of sp³-hybridized carbons (Fsp3) is 0.588. The molecule has 1 N–H and O–H groups in total. The normalized spacial score (nSPS) is 18.6. The zero-order valence-corrected chi connectivity index (χ0v) is 15.1. The number of hydrogen-bond acceptors (Lipinski definition) is 3. The van der Waals surface area contributed by atoms with Gasteiger partial charge in [0.2, 0.25) is 10.0 Å². The van der Waals surface area contributed by atoms with E-state index in [9.17, 15) is 13.2 Å². The Kier molecular flexibility index (Phi) is 5.34. The number of sulfonamides is 1. The molecular weight excluding hydrogens is 312 g/mol. The van der Waals surface area contributed by atoms with Gasteiger partial charge in [-0.15, -0.1) is 0 Å². The lowest BCUT2D eigenvalue weighted by molar-refractivity contribution is 0.0938. The molecule has 0 radical (unpaired) electrons. The summed E-state index contributed by atoms with van der Waals surface area (Å²) < 4.78 is 26.0. The highest BCUT2D eigenvalue weighted by molar-refractivity contribution is 7.92. The fourth-order valence-corrected chi connectivity index (χ4v) is 4.50. The molecule has 0 aliphatic carbocycles. The minimum Gasteiger partial charge on any atom is -0.350 e. The fourth-order valence-electron chi connectivity index (χ4n) is 3.12. The lowest BCUT2D eigenvalue weighted by Gasteiger charge is -2.23. The highest BCUT2D eigenvalue weighted by atomic mass is 32.2. The molecule has 1 aromatic rings. The van der Waals surface area contributed by atoms with Crippen molar-refractivity contribution in [1.29, 1.82) is 0 Å². The number of nitrogens with zero attached hydrogens (tertiary/aromatic N) is 1. The Morgan fingerprint density at radius 1 is 1.39 bits per heavy atom. The number of benzene rings is 1. The van der Waals surface area contributed by atoms with Crippen LogP contribution in [-0.4, -0.2) is 32.2 Å². The van der Waals surface area contributed by atoms with Crippen LogP contribution in [0.1, 0.15) is 56.5 Å². The third-order valence-electron chi connectivity index (χ3n) is 4.26. The molecule has 0 spiro atoms. The molecule has 128 valence electrons. The van der Waals surface area contributed by atoms with Gasteiger partial charge in [0.1, 0.15) is 0 Å². The second-order valence-corrected chi connectivity index (χ2v) is 8.39. The van der Waals surface area contributed by atoms with Gasteiger partial charge in [-0.2, -0.15) is 0 Å². The van der Waals surface area contributed by atoms with Gasteiger partial charge >= 0.3 is 0 Å². The molecule has 2 rings (SSSR count). The smallest absolute Gasteiger partial charge is 0.251 e. The molecule has 1 amide bonds. The highest BCUT2D eigenvalue weighted by Crippen LogP contribution is 2.35. The lowest BCUT2D eigenvalue weighted by Crippen LogP contribution is -2.36. The second-order valence-electron chi connectivity index (χ2n) is 6.26. The van der Waals surface area contributed by atoms with E-state index in [1.165, 1.54) is 4.31 Å². The van der Waals surface area contributed by atoms with Crippen LogP contribution in [0, 0.1) is 0 Å². The van der Waals surface area contributed by atoms with E-state index < -0.39 is 10.0 Å². The summed E-state index contributed by atoms with van der Waals surface area (Å²) in [5.74, 6) is -0.0220. The van der Waals surface area contributed by atoms with Crippen LogP contribution in [0.15, 0.2) is 18.2 Å². The number of rotatable bonds is 6. The van der Waals surface area contributed by atoms with Crippen LogP contribution < -0.4 is 9.62 Å². The summed E-state index contributed by atoms with van der Waals surface area (Å²) in [6, 6.07) is 5.32. The molecule has 6 heteroatoms. The van der Waals surface area contributed by atoms with Gasteiger partial charge < -0.3 is 5.32 Å². The first-order valence-corrected chi connectivity index (χ1v) is 9.87. The topological polar surface area (TPSA) is 66.5 Å². The van der Waals surface area contributed by atoms with Gasteiger partial charge in [0.05, 0.1) is 11.4 Å². The van der Waals surface area contributed by atoms with Crippen molar-refractivity contribution in [1.82, 2.24) is 5.32 Å². The molecule has 1 heterocycles. The molecule has 0 aromatic heterocycles. The Morgan fingerprint density at radius 2 is 2.09 bits per heavy atom. The molecule has 0 fully saturated rings. The van der Waals surface area contributed by atoms with Gasteiger partial charge in [0.25, 0.3) is 5.91 Å². The van der Waals surface area contributed by atoms with Crippen LogP contribution in [0.4, 0.5) is 5.69 Å². The first-order chi connectivity index (χ1) is 10.8. The number of fused-ring (bicyclic) bond motifs is 1. The van der Waals surface area contributed by atoms with Crippen LogP contribution in [0.5, 0.6) is 0 Å². The van der Waals surface area contributed by atoms with Crippen LogP contribution in [-0.2, 0) is 16.4 Å². The van der Waals surface area contributed by atoms with Crippen molar-refractivity contribution >= 4 is 21.6 Å². The molecule has 0 unspecified atom stereocenters. The van der Waals surface area contributed by atoms with Crippen molar-refractivity contribution < 1.29 is 13.2 Å². The largest absolute Gasteiger partial charge is 0.350 e. The zero-order chi connectivity index (χ0) is 17.2. The van der Waals surface area contributed by atoms with E-state index in [1.54, 1.807) is 19.1 Å². The monoisotopic (exact) mass is 338 g/mol. The molecule has 0 bridgehead atoms. The summed E-state index contributed by atoms with van der Waals surface area (Å²) in [6.45, 7) is 7.63. The second kappa shape index (κ2) is 6.91. The summed E-state index contributed by atoms with van der Waals surface area (Å²) in [5, 5.41) is 2.98. The maximum absolute atomic E-state index is 12.3. The third kappa shape index (κ3) is 3.68. The van der Waals surface area contributed by atoms with E-state index in [-0.39, 0.29) is 23.7 Å². The zero-order valence-electron chi connectivity index (χ0n) is 14.3. The number of hydrogen-bond donors (Lipinski definition) is 1. The van der Waals surface area contributed by atoms with Crippen molar-refractivity contribution in [2.75, 3.05) is 10.1 Å². The minimum absolute atomic E-state index is 0.0769. The third-order valence-corrected chi connectivity index (χ3v) is 6.14. The number of carbonyl (C=O) groups excluding carboxylic acids is 1. The summed E-state index contributed by atoms with van der Waals surface area (Å²) in [5.41, 5.74) is 2.22. The van der Waals surface area contributed by atoms with Crippen molar-refractivity contribution in [3.63, 3.8) is 0 Å². The van der Waals surface area contributed by atoms with Crippen molar-refractivity contribution in [2.45, 2.75) is 59.0 Å². The average molecular weight is 338 g/mol. The molecule has 1 aliphatic rings. The van der Waals surface area contributed by atoms with Gasteiger partial charge in [-0.25, -0.2) is 8.42 Å². The first-order valence-electron chi connectivity index (χ1n) is 8.26. The highest BCUT2D eigenvalue weighted by Gasteiger charge is 2.34. The van der Waals surface area contributed by atoms with Crippen molar-refractivity contribution in [3.8, 4) is 0 Å². The van der Waals surface area contributed by atoms with Crippen LogP contribution in [0.3, 0.4) is 0 Å². The van der Waals surface area contributed by atoms with Crippen LogP contribution >= 0.6 is 0 Å². The molecule has 5 nitrogen and oxygen atoms in total. The molecule has 23 heavy (non-hydrogen) atoms. The quantitative estimate of drug-likeness (QED) is 0.867. The number of carbonyl (C=O) groups is 1. The number of amides is 1. The van der Waals surface area contributed by atoms with Crippen molar-refractivity contribution in [3.05, 3.63) is 29.3 Å². The van der Waals surface area contributed by atoms with Crippen LogP contribution in [0.25, 0.3) is 0 Å². The number of nitrogens with one attached hydrogen (secondary N) is 1. The van der Waals surface area contributed by atoms with Gasteiger partial charge in [-0.3, -0.25) is 9.10 Å². The molecule has 0 saturated carbocycles. The van der Waals surface area contributed by atoms with Crippen molar-refractivity contribution in [2.24, 2.45) is 0 Å². The summed E-state index contributed by atoms with van der Waals surface area (Å²) in [6.07, 6.45) is 2.60. The van der Waals surface area contributed by atoms with Gasteiger partial charge in [-0.05, 0) is 57.4 Å². The van der Waals surface area contributed by atoms with Crippen LogP contribution in [0.2, 0.25) is 0 Å². The average Bonchev–Trinajstić information content (AvgIpc) is 2.82. The molecule has 2 atom stereocenters. The first kappa shape index (κ1) is 17.8. The Bertz CT molecular complexity index is 685. The Balaban J connectivity index is 2.25. The predicted octanol–water partition coefficient (Wildman–Crippen LogP) is 2.71. The molecule has 1 aliphatic heterocycles. The van der Waals surface area contributed by atoms with Gasteiger partial charge in [0.15, 0.2) is 0 Å². The van der Waals surface area contributed by atoms with E-state index >= 15 is 0 Å². The molecule has 1 aromatic carbocycles. The summed E-state index contributed by atoms with van der Waals surface area (Å²) >= 11 is 0. The maximum atomic E-state index is 12.3. The predicted molar refractivity (Wildman–Crippen MR) is 93.4 cm³/mol. The lowest BCUT2D eigenvalue weighted by atomic mass is 10.1. The Hall–Kier alpha value is -1.56. The Morgan fingerprint density at radius 3 is 2.70 bits per heavy atom. The Labute approximate surface area is 139 Å². The van der Waals surface area contributed by atoms with E-state index in [4.69, 9.17) is 0 Å².